The van der Waals surface area contributed by atoms with E-state index < -0.39 is 11.8 Å². The normalized spacial score (nSPS) is 17.0. The standard InChI is InChI=1S/C17H17N5O3/c1-11-19-16(25-21-11)13-3-2-8-22(10-13)17(24)15(23)20-14-6-4-12(9-18)5-7-14/h4-7,13H,2-3,8,10H2,1H3,(H,20,23)/t13-/m1/s1. The lowest BCUT2D eigenvalue weighted by Crippen LogP contribution is -2.44. The molecule has 0 bridgehead atoms. The van der Waals surface area contributed by atoms with Crippen molar-refractivity contribution < 1.29 is 14.1 Å². The molecule has 0 radical (unpaired) electrons. The maximum atomic E-state index is 12.4. The minimum atomic E-state index is -0.702. The van der Waals surface area contributed by atoms with Gasteiger partial charge in [-0.2, -0.15) is 10.2 Å². The Morgan fingerprint density at radius 3 is 2.76 bits per heavy atom. The van der Waals surface area contributed by atoms with Crippen LogP contribution in [0.25, 0.3) is 0 Å². The lowest BCUT2D eigenvalue weighted by molar-refractivity contribution is -0.144. The predicted molar refractivity (Wildman–Crippen MR) is 87.4 cm³/mol. The number of anilines is 1. The van der Waals surface area contributed by atoms with Crippen LogP contribution in [0.5, 0.6) is 0 Å². The van der Waals surface area contributed by atoms with Crippen LogP contribution in [-0.2, 0) is 9.59 Å². The lowest BCUT2D eigenvalue weighted by Gasteiger charge is -2.30. The molecule has 0 unspecified atom stereocenters. The van der Waals surface area contributed by atoms with Crippen molar-refractivity contribution in [2.24, 2.45) is 0 Å². The number of amides is 2. The van der Waals surface area contributed by atoms with Crippen LogP contribution < -0.4 is 5.32 Å². The zero-order valence-corrected chi connectivity index (χ0v) is 13.7. The van der Waals surface area contributed by atoms with Gasteiger partial charge in [0.25, 0.3) is 0 Å². The van der Waals surface area contributed by atoms with Gasteiger partial charge in [0, 0.05) is 18.8 Å². The van der Waals surface area contributed by atoms with E-state index in [4.69, 9.17) is 9.78 Å². The van der Waals surface area contributed by atoms with Crippen molar-refractivity contribution in [2.45, 2.75) is 25.7 Å². The molecular formula is C17H17N5O3. The number of nitriles is 1. The third kappa shape index (κ3) is 3.83. The first-order chi connectivity index (χ1) is 12.1. The molecular weight excluding hydrogens is 322 g/mol. The summed E-state index contributed by atoms with van der Waals surface area (Å²) in [7, 11) is 0. The second-order valence-electron chi connectivity index (χ2n) is 5.91. The summed E-state index contributed by atoms with van der Waals surface area (Å²) in [6.45, 7) is 2.63. The van der Waals surface area contributed by atoms with Gasteiger partial charge in [0.15, 0.2) is 5.82 Å². The van der Waals surface area contributed by atoms with E-state index in [-0.39, 0.29) is 5.92 Å². The average molecular weight is 339 g/mol. The number of carbonyl (C=O) groups excluding carboxylic acids is 2. The predicted octanol–water partition coefficient (Wildman–Crippen LogP) is 1.59. The Labute approximate surface area is 144 Å². The molecule has 2 aromatic rings. The van der Waals surface area contributed by atoms with E-state index in [1.54, 1.807) is 31.2 Å². The number of carbonyl (C=O) groups is 2. The SMILES string of the molecule is Cc1noc([C@@H]2CCCN(C(=O)C(=O)Nc3ccc(C#N)cc3)C2)n1. The number of benzene rings is 1. The molecule has 1 aromatic carbocycles. The molecule has 2 amide bonds. The van der Waals surface area contributed by atoms with Crippen molar-refractivity contribution in [3.8, 4) is 6.07 Å². The Morgan fingerprint density at radius 2 is 2.12 bits per heavy atom. The van der Waals surface area contributed by atoms with Crippen molar-refractivity contribution in [1.29, 1.82) is 5.26 Å². The molecule has 25 heavy (non-hydrogen) atoms. The Hall–Kier alpha value is -3.21. The van der Waals surface area contributed by atoms with E-state index in [2.05, 4.69) is 15.5 Å². The topological polar surface area (TPSA) is 112 Å². The molecule has 128 valence electrons. The van der Waals surface area contributed by atoms with E-state index in [1.165, 1.54) is 4.90 Å². The van der Waals surface area contributed by atoms with Gasteiger partial charge in [0.1, 0.15) is 0 Å². The highest BCUT2D eigenvalue weighted by Crippen LogP contribution is 2.25. The average Bonchev–Trinajstić information content (AvgIpc) is 3.08. The summed E-state index contributed by atoms with van der Waals surface area (Å²) in [6.07, 6.45) is 1.60. The molecule has 1 saturated heterocycles. The molecule has 1 aliphatic heterocycles. The van der Waals surface area contributed by atoms with Crippen LogP contribution in [0, 0.1) is 18.3 Å². The third-order valence-electron chi connectivity index (χ3n) is 4.07. The summed E-state index contributed by atoms with van der Waals surface area (Å²) >= 11 is 0. The Morgan fingerprint density at radius 1 is 1.36 bits per heavy atom. The largest absolute Gasteiger partial charge is 0.339 e. The molecule has 0 saturated carbocycles. The summed E-state index contributed by atoms with van der Waals surface area (Å²) in [4.78, 5) is 30.3. The summed E-state index contributed by atoms with van der Waals surface area (Å²) < 4.78 is 5.18. The first kappa shape index (κ1) is 16.6. The van der Waals surface area contributed by atoms with Crippen LogP contribution in [0.2, 0.25) is 0 Å². The van der Waals surface area contributed by atoms with Gasteiger partial charge in [-0.3, -0.25) is 9.59 Å². The van der Waals surface area contributed by atoms with Crippen LogP contribution in [0.1, 0.15) is 36.0 Å². The summed E-state index contributed by atoms with van der Waals surface area (Å²) in [5, 5.41) is 15.1. The van der Waals surface area contributed by atoms with Gasteiger partial charge >= 0.3 is 11.8 Å². The Bertz CT molecular complexity index is 822. The van der Waals surface area contributed by atoms with Gasteiger partial charge in [-0.05, 0) is 44.0 Å². The van der Waals surface area contributed by atoms with Crippen LogP contribution in [0.3, 0.4) is 0 Å². The van der Waals surface area contributed by atoms with E-state index in [1.807, 2.05) is 6.07 Å². The number of hydrogen-bond donors (Lipinski definition) is 1. The zero-order chi connectivity index (χ0) is 17.8. The second-order valence-corrected chi connectivity index (χ2v) is 5.91. The summed E-state index contributed by atoms with van der Waals surface area (Å²) in [5.41, 5.74) is 0.955. The van der Waals surface area contributed by atoms with E-state index in [9.17, 15) is 9.59 Å². The molecule has 8 nitrogen and oxygen atoms in total. The number of piperidine rings is 1. The highest BCUT2D eigenvalue weighted by Gasteiger charge is 2.31. The summed E-state index contributed by atoms with van der Waals surface area (Å²) in [6, 6.07) is 8.33. The fraction of sp³-hybridized carbons (Fsp3) is 0.353. The van der Waals surface area contributed by atoms with Crippen molar-refractivity contribution in [3.05, 3.63) is 41.5 Å². The van der Waals surface area contributed by atoms with Gasteiger partial charge < -0.3 is 14.7 Å². The third-order valence-corrected chi connectivity index (χ3v) is 4.07. The number of likely N-dealkylation sites (tertiary alicyclic amines) is 1. The minimum absolute atomic E-state index is 0.0541. The van der Waals surface area contributed by atoms with Crippen molar-refractivity contribution in [1.82, 2.24) is 15.0 Å². The van der Waals surface area contributed by atoms with Crippen LogP contribution in [-0.4, -0.2) is 39.9 Å². The molecule has 8 heteroatoms. The molecule has 1 atom stereocenters. The fourth-order valence-corrected chi connectivity index (χ4v) is 2.80. The lowest BCUT2D eigenvalue weighted by atomic mass is 9.98. The smallest absolute Gasteiger partial charge is 0.313 e. The molecule has 1 aliphatic rings. The van der Waals surface area contributed by atoms with E-state index in [0.717, 1.165) is 12.8 Å². The number of aromatic nitrogens is 2. The molecule has 1 fully saturated rings. The van der Waals surface area contributed by atoms with Crippen molar-refractivity contribution in [2.75, 3.05) is 18.4 Å². The molecule has 0 aliphatic carbocycles. The molecule has 1 aromatic heterocycles. The number of nitrogens with zero attached hydrogens (tertiary/aromatic N) is 4. The summed E-state index contributed by atoms with van der Waals surface area (Å²) in [5.74, 6) is -0.293. The number of hydrogen-bond acceptors (Lipinski definition) is 6. The molecule has 1 N–H and O–H groups in total. The Kier molecular flexibility index (Phi) is 4.75. The maximum Gasteiger partial charge on any atom is 0.313 e. The zero-order valence-electron chi connectivity index (χ0n) is 13.7. The van der Waals surface area contributed by atoms with E-state index in [0.29, 0.717) is 36.1 Å². The van der Waals surface area contributed by atoms with Crippen LogP contribution in [0.15, 0.2) is 28.8 Å². The molecule has 3 rings (SSSR count). The Balaban J connectivity index is 1.63. The first-order valence-electron chi connectivity index (χ1n) is 7.97. The van der Waals surface area contributed by atoms with Crippen molar-refractivity contribution >= 4 is 17.5 Å². The molecule has 0 spiro atoms. The van der Waals surface area contributed by atoms with Gasteiger partial charge in [0.05, 0.1) is 17.6 Å². The van der Waals surface area contributed by atoms with Gasteiger partial charge in [-0.15, -0.1) is 0 Å². The second kappa shape index (κ2) is 7.13. The van der Waals surface area contributed by atoms with Crippen molar-refractivity contribution in [3.63, 3.8) is 0 Å². The van der Waals surface area contributed by atoms with Gasteiger partial charge in [-0.25, -0.2) is 0 Å². The quantitative estimate of drug-likeness (QED) is 0.832. The minimum Gasteiger partial charge on any atom is -0.339 e. The number of nitrogens with one attached hydrogen (secondary N) is 1. The number of aryl methyl sites for hydroxylation is 1. The number of rotatable bonds is 2. The van der Waals surface area contributed by atoms with Gasteiger partial charge in [-0.1, -0.05) is 5.16 Å². The molecule has 2 heterocycles. The van der Waals surface area contributed by atoms with Crippen LogP contribution >= 0.6 is 0 Å². The fourth-order valence-electron chi connectivity index (χ4n) is 2.80. The van der Waals surface area contributed by atoms with E-state index >= 15 is 0 Å². The first-order valence-corrected chi connectivity index (χ1v) is 7.97. The highest BCUT2D eigenvalue weighted by molar-refractivity contribution is 6.39. The van der Waals surface area contributed by atoms with Crippen LogP contribution in [0.4, 0.5) is 5.69 Å². The monoisotopic (exact) mass is 339 g/mol. The highest BCUT2D eigenvalue weighted by atomic mass is 16.5. The van der Waals surface area contributed by atoms with Gasteiger partial charge in [0.2, 0.25) is 5.89 Å². The maximum absolute atomic E-state index is 12.4.